The first-order chi connectivity index (χ1) is 6.47. The number of allylic oxidation sites excluding steroid dienone is 4. The number of halogens is 2. The maximum atomic E-state index is 6.04. The van der Waals surface area contributed by atoms with Crippen LogP contribution in [0.1, 0.15) is 27.7 Å². The second-order valence-corrected chi connectivity index (χ2v) is 10.7. The molecule has 1 aliphatic carbocycles. The molecule has 0 aromatic carbocycles. The third kappa shape index (κ3) is 2.00. The molecule has 0 bridgehead atoms. The molecule has 0 aliphatic heterocycles. The Labute approximate surface area is 103 Å². The molecule has 3 heteroatoms. The van der Waals surface area contributed by atoms with Crippen molar-refractivity contribution in [2.75, 3.05) is 8.37 Å². The van der Waals surface area contributed by atoms with E-state index >= 15 is 0 Å². The summed E-state index contributed by atoms with van der Waals surface area (Å²) >= 11 is 10.7. The van der Waals surface area contributed by atoms with E-state index in [1.165, 1.54) is 16.7 Å². The second-order valence-electron chi connectivity index (χ2n) is 4.15. The molecule has 0 radical (unpaired) electrons. The van der Waals surface area contributed by atoms with E-state index < -0.39 is 17.9 Å². The summed E-state index contributed by atoms with van der Waals surface area (Å²) in [5.41, 5.74) is 4.34. The van der Waals surface area contributed by atoms with Crippen molar-refractivity contribution in [2.45, 2.75) is 31.4 Å². The Balaban J connectivity index is 3.09. The van der Waals surface area contributed by atoms with Gasteiger partial charge in [-0.05, 0) is 0 Å². The SMILES string of the molecule is CC1=C[C](C)([Ti]([CH2]Cl)[CH2]Cl)C(C)=C1C. The van der Waals surface area contributed by atoms with Gasteiger partial charge in [0.2, 0.25) is 0 Å². The monoisotopic (exact) mass is 267 g/mol. The van der Waals surface area contributed by atoms with Crippen molar-refractivity contribution in [2.24, 2.45) is 0 Å². The van der Waals surface area contributed by atoms with Crippen LogP contribution in [0.25, 0.3) is 0 Å². The summed E-state index contributed by atoms with van der Waals surface area (Å²) in [7, 11) is 0. The van der Waals surface area contributed by atoms with Gasteiger partial charge >= 0.3 is 104 Å². The van der Waals surface area contributed by atoms with Crippen molar-refractivity contribution in [3.8, 4) is 0 Å². The predicted molar refractivity (Wildman–Crippen MR) is 61.9 cm³/mol. The van der Waals surface area contributed by atoms with E-state index in [0.29, 0.717) is 0 Å². The zero-order chi connectivity index (χ0) is 10.9. The van der Waals surface area contributed by atoms with Crippen LogP contribution >= 0.6 is 23.2 Å². The van der Waals surface area contributed by atoms with E-state index in [0.717, 1.165) is 8.37 Å². The zero-order valence-corrected chi connectivity index (χ0v) is 12.3. The third-order valence-corrected chi connectivity index (χ3v) is 10.3. The zero-order valence-electron chi connectivity index (χ0n) is 9.25. The first-order valence-corrected chi connectivity index (χ1v) is 8.88. The molecule has 0 fully saturated rings. The Hall–Kier alpha value is 0.774. The first kappa shape index (κ1) is 12.8. The van der Waals surface area contributed by atoms with Crippen molar-refractivity contribution in [1.82, 2.24) is 0 Å². The van der Waals surface area contributed by atoms with Crippen molar-refractivity contribution in [3.05, 3.63) is 22.8 Å². The van der Waals surface area contributed by atoms with Crippen LogP contribution in [0.3, 0.4) is 0 Å². The molecule has 0 saturated heterocycles. The van der Waals surface area contributed by atoms with Crippen molar-refractivity contribution < 1.29 is 17.9 Å². The first-order valence-electron chi connectivity index (χ1n) is 4.82. The molecular formula is C11H17Cl2Ti. The number of hydrogen-bond acceptors (Lipinski definition) is 0. The van der Waals surface area contributed by atoms with Gasteiger partial charge in [-0.2, -0.15) is 0 Å². The molecular weight excluding hydrogens is 251 g/mol. The quantitative estimate of drug-likeness (QED) is 0.523. The molecule has 0 nitrogen and oxygen atoms in total. The van der Waals surface area contributed by atoms with E-state index in [2.05, 4.69) is 33.8 Å². The van der Waals surface area contributed by atoms with E-state index in [1.807, 2.05) is 0 Å². The van der Waals surface area contributed by atoms with Gasteiger partial charge < -0.3 is 0 Å². The Bertz CT molecular complexity index is 290. The van der Waals surface area contributed by atoms with Crippen LogP contribution in [0.15, 0.2) is 22.8 Å². The molecule has 1 aliphatic rings. The van der Waals surface area contributed by atoms with Gasteiger partial charge in [-0.3, -0.25) is 0 Å². The number of alkyl halides is 2. The standard InChI is InChI=1S/C9H13.2CH2Cl.Ti/c1-6-5-7(2)9(4)8(6)3;2*1-2;/h5H,1-4H3;2*1H2;. The summed E-state index contributed by atoms with van der Waals surface area (Å²) in [6, 6.07) is 0. The summed E-state index contributed by atoms with van der Waals surface area (Å²) in [5, 5.41) is 0. The predicted octanol–water partition coefficient (Wildman–Crippen LogP) is 4.47. The molecule has 14 heavy (non-hydrogen) atoms. The Kier molecular flexibility index (Phi) is 4.35. The molecule has 79 valence electrons. The van der Waals surface area contributed by atoms with Crippen molar-refractivity contribution >= 4 is 23.2 Å². The van der Waals surface area contributed by atoms with Crippen molar-refractivity contribution in [3.63, 3.8) is 0 Å². The molecule has 1 atom stereocenters. The number of hydrogen-bond donors (Lipinski definition) is 0. The van der Waals surface area contributed by atoms with Crippen LogP contribution in [0.4, 0.5) is 0 Å². The van der Waals surface area contributed by atoms with Gasteiger partial charge in [0.1, 0.15) is 0 Å². The molecule has 0 aromatic rings. The normalized spacial score (nSPS) is 26.9. The molecule has 0 spiro atoms. The fourth-order valence-electron chi connectivity index (χ4n) is 2.02. The van der Waals surface area contributed by atoms with Crippen LogP contribution in [0.2, 0.25) is 3.72 Å². The molecule has 0 saturated carbocycles. The third-order valence-electron chi connectivity index (χ3n) is 3.50. The summed E-state index contributed by atoms with van der Waals surface area (Å²) in [6.07, 6.45) is 2.39. The summed E-state index contributed by atoms with van der Waals surface area (Å²) < 4.78 is 1.81. The van der Waals surface area contributed by atoms with E-state index in [-0.39, 0.29) is 3.72 Å². The van der Waals surface area contributed by atoms with E-state index in [9.17, 15) is 0 Å². The molecule has 1 rings (SSSR count). The Morgan fingerprint density at radius 1 is 1.21 bits per heavy atom. The molecule has 1 unspecified atom stereocenters. The van der Waals surface area contributed by atoms with E-state index in [1.54, 1.807) is 0 Å². The van der Waals surface area contributed by atoms with Gasteiger partial charge in [0, 0.05) is 0 Å². The van der Waals surface area contributed by atoms with Crippen LogP contribution in [0, 0.1) is 0 Å². The summed E-state index contributed by atoms with van der Waals surface area (Å²) in [5.74, 6) is 0. The average Bonchev–Trinajstić information content (AvgIpc) is 2.33. The van der Waals surface area contributed by atoms with Gasteiger partial charge in [-0.15, -0.1) is 0 Å². The summed E-state index contributed by atoms with van der Waals surface area (Å²) in [6.45, 7) is 8.92. The van der Waals surface area contributed by atoms with Crippen LogP contribution in [-0.4, -0.2) is 8.37 Å². The summed E-state index contributed by atoms with van der Waals surface area (Å²) in [4.78, 5) is 0. The van der Waals surface area contributed by atoms with Gasteiger partial charge in [0.25, 0.3) is 0 Å². The molecule has 0 amide bonds. The van der Waals surface area contributed by atoms with Crippen LogP contribution in [0.5, 0.6) is 0 Å². The topological polar surface area (TPSA) is 0 Å². The van der Waals surface area contributed by atoms with Gasteiger partial charge in [0.15, 0.2) is 0 Å². The maximum absolute atomic E-state index is 6.04. The molecule has 0 aromatic heterocycles. The van der Waals surface area contributed by atoms with E-state index in [4.69, 9.17) is 23.2 Å². The second kappa shape index (κ2) is 4.74. The van der Waals surface area contributed by atoms with Gasteiger partial charge in [-0.25, -0.2) is 0 Å². The minimum absolute atomic E-state index is 0.234. The van der Waals surface area contributed by atoms with Crippen LogP contribution < -0.4 is 0 Å². The van der Waals surface area contributed by atoms with Crippen molar-refractivity contribution in [1.29, 1.82) is 0 Å². The Morgan fingerprint density at radius 3 is 2.00 bits per heavy atom. The van der Waals surface area contributed by atoms with Gasteiger partial charge in [-0.1, -0.05) is 0 Å². The minimum atomic E-state index is -1.38. The fourth-order valence-corrected chi connectivity index (χ4v) is 8.24. The molecule has 0 heterocycles. The van der Waals surface area contributed by atoms with Crippen LogP contribution in [-0.2, 0) is 17.9 Å². The fraction of sp³-hybridized carbons (Fsp3) is 0.636. The van der Waals surface area contributed by atoms with Gasteiger partial charge in [0.05, 0.1) is 0 Å². The number of rotatable bonds is 3. The Morgan fingerprint density at radius 2 is 1.71 bits per heavy atom. The molecule has 0 N–H and O–H groups in total. The average molecular weight is 268 g/mol.